The molecule has 4 nitrogen and oxygen atoms in total. The van der Waals surface area contributed by atoms with Crippen LogP contribution in [-0.2, 0) is 19.6 Å². The van der Waals surface area contributed by atoms with Crippen LogP contribution in [-0.4, -0.2) is 22.0 Å². The molecule has 3 rings (SSSR count). The van der Waals surface area contributed by atoms with Crippen LogP contribution in [0.5, 0.6) is 0 Å². The number of halogens is 3. The third-order valence-electron chi connectivity index (χ3n) is 3.99. The highest BCUT2D eigenvalue weighted by atomic mass is 19.4. The molecule has 1 N–H and O–H groups in total. The molecule has 1 heterocycles. The molecule has 3 aromatic rings. The van der Waals surface area contributed by atoms with E-state index in [1.54, 1.807) is 0 Å². The van der Waals surface area contributed by atoms with Crippen LogP contribution >= 0.6 is 0 Å². The molecule has 0 aliphatic heterocycles. The number of hydrogen-bond donors (Lipinski definition) is 1. The maximum absolute atomic E-state index is 12.5. The SMILES string of the molecule is Cn1c(CCNC(=O)c2ccc(C(F)(F)F)cc2)nc2ccccc21. The number of para-hydroxylation sites is 2. The number of alkyl halides is 3. The van der Waals surface area contributed by atoms with Crippen molar-refractivity contribution in [2.75, 3.05) is 6.54 Å². The quantitative estimate of drug-likeness (QED) is 0.784. The molecule has 0 radical (unpaired) electrons. The number of aryl methyl sites for hydroxylation is 1. The Balaban J connectivity index is 1.61. The van der Waals surface area contributed by atoms with Gasteiger partial charge in [-0.1, -0.05) is 12.1 Å². The molecule has 0 saturated carbocycles. The Morgan fingerprint density at radius 2 is 1.80 bits per heavy atom. The van der Waals surface area contributed by atoms with Gasteiger partial charge in [0.25, 0.3) is 5.91 Å². The summed E-state index contributed by atoms with van der Waals surface area (Å²) in [6, 6.07) is 11.9. The molecule has 0 unspecified atom stereocenters. The molecule has 25 heavy (non-hydrogen) atoms. The Morgan fingerprint density at radius 1 is 1.12 bits per heavy atom. The first-order valence-corrected chi connectivity index (χ1v) is 7.72. The monoisotopic (exact) mass is 347 g/mol. The van der Waals surface area contributed by atoms with Gasteiger partial charge >= 0.3 is 6.18 Å². The summed E-state index contributed by atoms with van der Waals surface area (Å²) in [5.41, 5.74) is 1.31. The molecule has 0 spiro atoms. The Labute approximate surface area is 142 Å². The van der Waals surface area contributed by atoms with Crippen molar-refractivity contribution >= 4 is 16.9 Å². The summed E-state index contributed by atoms with van der Waals surface area (Å²) in [5.74, 6) is 0.418. The number of carbonyl (C=O) groups is 1. The Morgan fingerprint density at radius 3 is 2.44 bits per heavy atom. The van der Waals surface area contributed by atoms with Crippen LogP contribution < -0.4 is 5.32 Å². The molecule has 0 atom stereocenters. The van der Waals surface area contributed by atoms with Gasteiger partial charge in [0.15, 0.2) is 0 Å². The van der Waals surface area contributed by atoms with Gasteiger partial charge in [-0.3, -0.25) is 4.79 Å². The number of amides is 1. The molecule has 0 aliphatic rings. The van der Waals surface area contributed by atoms with E-state index in [1.807, 2.05) is 35.9 Å². The van der Waals surface area contributed by atoms with E-state index in [-0.39, 0.29) is 5.56 Å². The Bertz CT molecular complexity index is 898. The highest BCUT2D eigenvalue weighted by Gasteiger charge is 2.30. The molecular weight excluding hydrogens is 331 g/mol. The van der Waals surface area contributed by atoms with E-state index in [0.29, 0.717) is 13.0 Å². The van der Waals surface area contributed by atoms with E-state index in [1.165, 1.54) is 12.1 Å². The molecule has 2 aromatic carbocycles. The zero-order valence-electron chi connectivity index (χ0n) is 13.5. The summed E-state index contributed by atoms with van der Waals surface area (Å²) in [5, 5.41) is 2.70. The minimum atomic E-state index is -4.41. The number of nitrogens with one attached hydrogen (secondary N) is 1. The predicted octanol–water partition coefficient (Wildman–Crippen LogP) is 3.56. The van der Waals surface area contributed by atoms with Crippen molar-refractivity contribution in [3.05, 3.63) is 65.5 Å². The van der Waals surface area contributed by atoms with Crippen molar-refractivity contribution < 1.29 is 18.0 Å². The maximum Gasteiger partial charge on any atom is 0.416 e. The average molecular weight is 347 g/mol. The van der Waals surface area contributed by atoms with Crippen molar-refractivity contribution in [1.29, 1.82) is 0 Å². The molecule has 7 heteroatoms. The first-order valence-electron chi connectivity index (χ1n) is 7.72. The van der Waals surface area contributed by atoms with Gasteiger partial charge in [-0.2, -0.15) is 13.2 Å². The minimum Gasteiger partial charge on any atom is -0.352 e. The van der Waals surface area contributed by atoms with E-state index in [0.717, 1.165) is 29.0 Å². The number of hydrogen-bond acceptors (Lipinski definition) is 2. The van der Waals surface area contributed by atoms with Gasteiger partial charge < -0.3 is 9.88 Å². The van der Waals surface area contributed by atoms with Crippen LogP contribution in [0.2, 0.25) is 0 Å². The van der Waals surface area contributed by atoms with E-state index in [2.05, 4.69) is 10.3 Å². The first-order chi connectivity index (χ1) is 11.9. The van der Waals surface area contributed by atoms with Crippen molar-refractivity contribution in [3.63, 3.8) is 0 Å². The van der Waals surface area contributed by atoms with Crippen LogP contribution in [0.15, 0.2) is 48.5 Å². The van der Waals surface area contributed by atoms with E-state index in [4.69, 9.17) is 0 Å². The van der Waals surface area contributed by atoms with Crippen molar-refractivity contribution in [1.82, 2.24) is 14.9 Å². The number of carbonyl (C=O) groups excluding carboxylic acids is 1. The molecule has 0 saturated heterocycles. The second-order valence-electron chi connectivity index (χ2n) is 5.66. The standard InChI is InChI=1S/C18H16F3N3O/c1-24-15-5-3-2-4-14(15)23-16(24)10-11-22-17(25)12-6-8-13(9-7-12)18(19,20)21/h2-9H,10-11H2,1H3,(H,22,25). The van der Waals surface area contributed by atoms with Crippen molar-refractivity contribution in [2.24, 2.45) is 7.05 Å². The van der Waals surface area contributed by atoms with Crippen LogP contribution in [0.1, 0.15) is 21.7 Å². The van der Waals surface area contributed by atoms with Gasteiger partial charge in [-0.05, 0) is 36.4 Å². The van der Waals surface area contributed by atoms with Gasteiger partial charge in [-0.15, -0.1) is 0 Å². The third kappa shape index (κ3) is 3.65. The van der Waals surface area contributed by atoms with Crippen LogP contribution in [0.25, 0.3) is 11.0 Å². The Kier molecular flexibility index (Phi) is 4.48. The molecule has 0 bridgehead atoms. The normalized spacial score (nSPS) is 11.7. The summed E-state index contributed by atoms with van der Waals surface area (Å²) in [6.45, 7) is 0.344. The topological polar surface area (TPSA) is 46.9 Å². The van der Waals surface area contributed by atoms with Gasteiger partial charge in [-0.25, -0.2) is 4.98 Å². The molecular formula is C18H16F3N3O. The fourth-order valence-electron chi connectivity index (χ4n) is 2.62. The lowest BCUT2D eigenvalue weighted by Crippen LogP contribution is -2.26. The number of fused-ring (bicyclic) bond motifs is 1. The molecule has 130 valence electrons. The highest BCUT2D eigenvalue weighted by molar-refractivity contribution is 5.94. The van der Waals surface area contributed by atoms with Gasteiger partial charge in [0.05, 0.1) is 16.6 Å². The largest absolute Gasteiger partial charge is 0.416 e. The summed E-state index contributed by atoms with van der Waals surface area (Å²) in [6.07, 6.45) is -3.88. The van der Waals surface area contributed by atoms with E-state index >= 15 is 0 Å². The lowest BCUT2D eigenvalue weighted by molar-refractivity contribution is -0.137. The summed E-state index contributed by atoms with van der Waals surface area (Å²) in [7, 11) is 1.91. The number of nitrogens with zero attached hydrogens (tertiary/aromatic N) is 2. The minimum absolute atomic E-state index is 0.193. The van der Waals surface area contributed by atoms with E-state index in [9.17, 15) is 18.0 Å². The lowest BCUT2D eigenvalue weighted by atomic mass is 10.1. The smallest absolute Gasteiger partial charge is 0.352 e. The molecule has 0 fully saturated rings. The second-order valence-corrected chi connectivity index (χ2v) is 5.66. The average Bonchev–Trinajstić information content (AvgIpc) is 2.91. The van der Waals surface area contributed by atoms with Crippen molar-refractivity contribution in [3.8, 4) is 0 Å². The van der Waals surface area contributed by atoms with Crippen LogP contribution in [0.4, 0.5) is 13.2 Å². The number of aromatic nitrogens is 2. The summed E-state index contributed by atoms with van der Waals surface area (Å²) < 4.78 is 39.5. The zero-order chi connectivity index (χ0) is 18.0. The van der Waals surface area contributed by atoms with Crippen molar-refractivity contribution in [2.45, 2.75) is 12.6 Å². The fraction of sp³-hybridized carbons (Fsp3) is 0.222. The highest BCUT2D eigenvalue weighted by Crippen LogP contribution is 2.29. The number of benzene rings is 2. The Hall–Kier alpha value is -2.83. The zero-order valence-corrected chi connectivity index (χ0v) is 13.5. The van der Waals surface area contributed by atoms with E-state index < -0.39 is 17.6 Å². The molecule has 1 aromatic heterocycles. The van der Waals surface area contributed by atoms with Gasteiger partial charge in [0.2, 0.25) is 0 Å². The summed E-state index contributed by atoms with van der Waals surface area (Å²) in [4.78, 5) is 16.5. The predicted molar refractivity (Wildman–Crippen MR) is 88.2 cm³/mol. The molecule has 1 amide bonds. The first kappa shape index (κ1) is 17.0. The van der Waals surface area contributed by atoms with Crippen LogP contribution in [0, 0.1) is 0 Å². The third-order valence-corrected chi connectivity index (χ3v) is 3.99. The lowest BCUT2D eigenvalue weighted by Gasteiger charge is -2.08. The summed E-state index contributed by atoms with van der Waals surface area (Å²) >= 11 is 0. The maximum atomic E-state index is 12.5. The fourth-order valence-corrected chi connectivity index (χ4v) is 2.62. The second kappa shape index (κ2) is 6.58. The van der Waals surface area contributed by atoms with Gasteiger partial charge in [0.1, 0.15) is 5.82 Å². The molecule has 0 aliphatic carbocycles. The van der Waals surface area contributed by atoms with Crippen LogP contribution in [0.3, 0.4) is 0 Å². The van der Waals surface area contributed by atoms with Gasteiger partial charge in [0, 0.05) is 25.6 Å². The number of rotatable bonds is 4. The number of imidazole rings is 1.